The number of pyridine rings is 1. The second-order valence-electron chi connectivity index (χ2n) is 5.87. The van der Waals surface area contributed by atoms with Crippen molar-refractivity contribution in [2.24, 2.45) is 4.99 Å². The lowest BCUT2D eigenvalue weighted by Gasteiger charge is -2.21. The van der Waals surface area contributed by atoms with Crippen LogP contribution in [0.3, 0.4) is 0 Å². The molecular weight excluding hydrogens is 278 g/mol. The molecule has 0 fully saturated rings. The molecule has 0 saturated carbocycles. The average Bonchev–Trinajstić information content (AvgIpc) is 2.83. The van der Waals surface area contributed by atoms with E-state index >= 15 is 0 Å². The molecule has 0 radical (unpaired) electrons. The van der Waals surface area contributed by atoms with Crippen molar-refractivity contribution in [2.75, 3.05) is 34.2 Å². The molecule has 1 aliphatic rings. The second kappa shape index (κ2) is 5.81. The summed E-state index contributed by atoms with van der Waals surface area (Å²) in [5.41, 5.74) is 3.73. The van der Waals surface area contributed by atoms with Crippen molar-refractivity contribution in [3.63, 3.8) is 0 Å². The minimum atomic E-state index is 0.641. The molecule has 0 atom stereocenters. The predicted molar refractivity (Wildman–Crippen MR) is 88.8 cm³/mol. The van der Waals surface area contributed by atoms with E-state index in [0.29, 0.717) is 11.3 Å². The third-order valence-corrected chi connectivity index (χ3v) is 3.79. The Morgan fingerprint density at radius 2 is 2.18 bits per heavy atom. The van der Waals surface area contributed by atoms with Gasteiger partial charge in [0.2, 0.25) is 0 Å². The van der Waals surface area contributed by atoms with Gasteiger partial charge in [-0.05, 0) is 31.2 Å². The monoisotopic (exact) mass is 299 g/mol. The molecule has 3 rings (SSSR count). The van der Waals surface area contributed by atoms with E-state index in [4.69, 9.17) is 0 Å². The first kappa shape index (κ1) is 14.6. The number of nitrogens with zero attached hydrogens (tertiary/aromatic N) is 5. The van der Waals surface area contributed by atoms with E-state index in [-0.39, 0.29) is 0 Å². The van der Waals surface area contributed by atoms with E-state index in [1.807, 2.05) is 31.1 Å². The summed E-state index contributed by atoms with van der Waals surface area (Å²) in [6, 6.07) is 3.66. The SMILES string of the molecule is CN(C)C=Nc1ccc2c(n1)c(C1=CCN(C)CC1)cn2O. The van der Waals surface area contributed by atoms with Crippen molar-refractivity contribution in [3.8, 4) is 0 Å². The van der Waals surface area contributed by atoms with E-state index in [2.05, 4.69) is 28.0 Å². The number of aliphatic imine (C=N–C) groups is 1. The molecule has 3 heterocycles. The first-order valence-electron chi connectivity index (χ1n) is 7.34. The van der Waals surface area contributed by atoms with Gasteiger partial charge in [0.05, 0.1) is 12.5 Å². The quantitative estimate of drug-likeness (QED) is 0.536. The summed E-state index contributed by atoms with van der Waals surface area (Å²) in [5, 5.41) is 10.1. The van der Waals surface area contributed by atoms with Gasteiger partial charge in [-0.3, -0.25) is 0 Å². The third-order valence-electron chi connectivity index (χ3n) is 3.79. The molecule has 6 nitrogen and oxygen atoms in total. The lowest BCUT2D eigenvalue weighted by Crippen LogP contribution is -2.23. The normalized spacial score (nSPS) is 16.4. The van der Waals surface area contributed by atoms with Crippen LogP contribution < -0.4 is 0 Å². The first-order chi connectivity index (χ1) is 10.5. The fourth-order valence-electron chi connectivity index (χ4n) is 2.57. The van der Waals surface area contributed by atoms with E-state index < -0.39 is 0 Å². The summed E-state index contributed by atoms with van der Waals surface area (Å²) < 4.78 is 1.15. The molecule has 2 aromatic heterocycles. The zero-order chi connectivity index (χ0) is 15.7. The Hall–Kier alpha value is -2.34. The van der Waals surface area contributed by atoms with Crippen LogP contribution in [0.5, 0.6) is 0 Å². The highest BCUT2D eigenvalue weighted by Gasteiger charge is 2.17. The zero-order valence-electron chi connectivity index (χ0n) is 13.2. The minimum absolute atomic E-state index is 0.641. The van der Waals surface area contributed by atoms with Crippen LogP contribution in [0.4, 0.5) is 5.82 Å². The molecule has 0 unspecified atom stereocenters. The molecule has 0 amide bonds. The van der Waals surface area contributed by atoms with Gasteiger partial charge < -0.3 is 15.0 Å². The van der Waals surface area contributed by atoms with E-state index in [1.54, 1.807) is 12.5 Å². The maximum absolute atomic E-state index is 10.1. The topological polar surface area (TPSA) is 56.9 Å². The summed E-state index contributed by atoms with van der Waals surface area (Å²) in [4.78, 5) is 13.1. The summed E-state index contributed by atoms with van der Waals surface area (Å²) in [6.45, 7) is 1.94. The first-order valence-corrected chi connectivity index (χ1v) is 7.34. The highest BCUT2D eigenvalue weighted by molar-refractivity contribution is 5.91. The van der Waals surface area contributed by atoms with Crippen molar-refractivity contribution in [1.29, 1.82) is 0 Å². The molecule has 0 aromatic carbocycles. The van der Waals surface area contributed by atoms with Crippen LogP contribution in [-0.4, -0.2) is 65.3 Å². The lowest BCUT2D eigenvalue weighted by molar-refractivity contribution is 0.200. The Bertz CT molecular complexity index is 744. The molecule has 22 heavy (non-hydrogen) atoms. The molecule has 1 aliphatic heterocycles. The number of rotatable bonds is 3. The number of hydrogen-bond donors (Lipinski definition) is 1. The molecular formula is C16H21N5O. The Morgan fingerprint density at radius 1 is 1.36 bits per heavy atom. The van der Waals surface area contributed by atoms with E-state index in [9.17, 15) is 5.21 Å². The van der Waals surface area contributed by atoms with Crippen LogP contribution >= 0.6 is 0 Å². The molecule has 0 spiro atoms. The highest BCUT2D eigenvalue weighted by Crippen LogP contribution is 2.30. The van der Waals surface area contributed by atoms with Gasteiger partial charge in [-0.25, -0.2) is 9.98 Å². The van der Waals surface area contributed by atoms with Crippen molar-refractivity contribution in [1.82, 2.24) is 19.5 Å². The average molecular weight is 299 g/mol. The molecule has 1 N–H and O–H groups in total. The maximum atomic E-state index is 10.1. The number of hydrogen-bond acceptors (Lipinski definition) is 4. The van der Waals surface area contributed by atoms with Gasteiger partial charge in [-0.15, -0.1) is 0 Å². The minimum Gasteiger partial charge on any atom is -0.428 e. The van der Waals surface area contributed by atoms with Crippen LogP contribution in [0.2, 0.25) is 0 Å². The van der Waals surface area contributed by atoms with Crippen molar-refractivity contribution >= 4 is 28.8 Å². The lowest BCUT2D eigenvalue weighted by atomic mass is 10.0. The maximum Gasteiger partial charge on any atom is 0.154 e. The standard InChI is InChI=1S/C16H21N5O/c1-19(2)11-17-15-5-4-14-16(18-15)13(10-21(14)22)12-6-8-20(3)9-7-12/h4-6,10-11,22H,7-9H2,1-3H3. The molecule has 0 saturated heterocycles. The van der Waals surface area contributed by atoms with Gasteiger partial charge in [0.25, 0.3) is 0 Å². The Balaban J connectivity index is 2.05. The van der Waals surface area contributed by atoms with Crippen molar-refractivity contribution in [2.45, 2.75) is 6.42 Å². The van der Waals surface area contributed by atoms with Gasteiger partial charge in [-0.1, -0.05) is 6.08 Å². The highest BCUT2D eigenvalue weighted by atomic mass is 16.5. The second-order valence-corrected chi connectivity index (χ2v) is 5.87. The zero-order valence-corrected chi connectivity index (χ0v) is 13.2. The summed E-state index contributed by atoms with van der Waals surface area (Å²) >= 11 is 0. The smallest absolute Gasteiger partial charge is 0.154 e. The van der Waals surface area contributed by atoms with Gasteiger partial charge in [0, 0.05) is 32.7 Å². The fraction of sp³-hybridized carbons (Fsp3) is 0.375. The van der Waals surface area contributed by atoms with Crippen LogP contribution in [-0.2, 0) is 0 Å². The van der Waals surface area contributed by atoms with Crippen LogP contribution in [0.25, 0.3) is 16.6 Å². The number of likely N-dealkylation sites (N-methyl/N-ethyl adjacent to an activating group) is 1. The Labute approximate surface area is 130 Å². The van der Waals surface area contributed by atoms with Crippen LogP contribution in [0.1, 0.15) is 12.0 Å². The predicted octanol–water partition coefficient (Wildman–Crippen LogP) is 2.21. The Morgan fingerprint density at radius 3 is 2.86 bits per heavy atom. The van der Waals surface area contributed by atoms with Crippen molar-refractivity contribution < 1.29 is 5.21 Å². The van der Waals surface area contributed by atoms with Gasteiger partial charge >= 0.3 is 0 Å². The van der Waals surface area contributed by atoms with Crippen LogP contribution in [0.15, 0.2) is 29.4 Å². The van der Waals surface area contributed by atoms with Crippen molar-refractivity contribution in [3.05, 3.63) is 30.0 Å². The van der Waals surface area contributed by atoms with Crippen LogP contribution in [0, 0.1) is 0 Å². The Kier molecular flexibility index (Phi) is 3.85. The fourth-order valence-corrected chi connectivity index (χ4v) is 2.57. The van der Waals surface area contributed by atoms with E-state index in [1.165, 1.54) is 5.57 Å². The van der Waals surface area contributed by atoms with E-state index in [0.717, 1.165) is 35.3 Å². The summed E-state index contributed by atoms with van der Waals surface area (Å²) in [7, 11) is 5.94. The molecule has 116 valence electrons. The van der Waals surface area contributed by atoms with Gasteiger partial charge in [0.1, 0.15) is 11.0 Å². The third kappa shape index (κ3) is 2.82. The molecule has 0 aliphatic carbocycles. The molecule has 0 bridgehead atoms. The summed E-state index contributed by atoms with van der Waals surface area (Å²) in [6.07, 6.45) is 6.63. The van der Waals surface area contributed by atoms with Gasteiger partial charge in [0.15, 0.2) is 5.82 Å². The number of aromatic nitrogens is 2. The largest absolute Gasteiger partial charge is 0.428 e. The van der Waals surface area contributed by atoms with Gasteiger partial charge in [-0.2, -0.15) is 4.73 Å². The molecule has 2 aromatic rings. The number of fused-ring (bicyclic) bond motifs is 1. The summed E-state index contributed by atoms with van der Waals surface area (Å²) in [5.74, 6) is 0.641. The molecule has 6 heteroatoms.